The van der Waals surface area contributed by atoms with E-state index in [-0.39, 0.29) is 16.4 Å². The lowest BCUT2D eigenvalue weighted by atomic mass is 10.1. The van der Waals surface area contributed by atoms with Crippen LogP contribution in [0.25, 0.3) is 0 Å². The van der Waals surface area contributed by atoms with Crippen LogP contribution in [0.3, 0.4) is 0 Å². The van der Waals surface area contributed by atoms with Gasteiger partial charge in [-0.05, 0) is 25.0 Å². The number of hydrogen-bond acceptors (Lipinski definition) is 5. The smallest absolute Gasteiger partial charge is 0.272 e. The number of amides is 1. The van der Waals surface area contributed by atoms with Gasteiger partial charge in [-0.3, -0.25) is 14.4 Å². The highest BCUT2D eigenvalue weighted by molar-refractivity contribution is 8.14. The topological polar surface area (TPSA) is 81.1 Å². The molecule has 1 aliphatic heterocycles. The van der Waals surface area contributed by atoms with Crippen LogP contribution in [0.5, 0.6) is 0 Å². The van der Waals surface area contributed by atoms with Crippen LogP contribution in [0.4, 0.5) is 0 Å². The molecule has 0 radical (unpaired) electrons. The zero-order valence-corrected chi connectivity index (χ0v) is 14.0. The van der Waals surface area contributed by atoms with Crippen LogP contribution in [0.1, 0.15) is 28.0 Å². The molecule has 1 aromatic carbocycles. The van der Waals surface area contributed by atoms with Crippen molar-refractivity contribution >= 4 is 22.8 Å². The number of carbonyl (C=O) groups excluding carboxylic acids is 2. The summed E-state index contributed by atoms with van der Waals surface area (Å²) in [6, 6.07) is 9.99. The molecule has 1 saturated heterocycles. The van der Waals surface area contributed by atoms with E-state index in [4.69, 9.17) is 0 Å². The lowest BCUT2D eigenvalue weighted by molar-refractivity contribution is -0.112. The first-order chi connectivity index (χ1) is 11.5. The van der Waals surface area contributed by atoms with Gasteiger partial charge in [-0.2, -0.15) is 5.10 Å². The molecule has 2 heterocycles. The standard InChI is InChI=1S/C17H17N3O3S/c1-11-2-4-12(5-3-11)10-20-15(21)7-6-13(19-20)16(22)18-14-8-9-24-17(14)23/h2-7,14H,8-10H2,1H3,(H,18,22). The van der Waals surface area contributed by atoms with Crippen molar-refractivity contribution in [3.8, 4) is 0 Å². The highest BCUT2D eigenvalue weighted by Crippen LogP contribution is 2.19. The maximum Gasteiger partial charge on any atom is 0.272 e. The van der Waals surface area contributed by atoms with Crippen LogP contribution >= 0.6 is 11.8 Å². The largest absolute Gasteiger partial charge is 0.340 e. The van der Waals surface area contributed by atoms with Crippen molar-refractivity contribution in [1.29, 1.82) is 0 Å². The summed E-state index contributed by atoms with van der Waals surface area (Å²) in [5.74, 6) is 0.276. The summed E-state index contributed by atoms with van der Waals surface area (Å²) < 4.78 is 1.25. The Balaban J connectivity index is 1.77. The molecular formula is C17H17N3O3S. The Hall–Kier alpha value is -2.41. The highest BCUT2D eigenvalue weighted by Gasteiger charge is 2.27. The summed E-state index contributed by atoms with van der Waals surface area (Å²) in [7, 11) is 0. The summed E-state index contributed by atoms with van der Waals surface area (Å²) >= 11 is 1.22. The SMILES string of the molecule is Cc1ccc(Cn2nc(C(=O)NC3CCSC3=O)ccc2=O)cc1. The second-order valence-corrected chi connectivity index (χ2v) is 6.78. The Labute approximate surface area is 143 Å². The normalized spacial score (nSPS) is 17.0. The van der Waals surface area contributed by atoms with Crippen molar-refractivity contribution in [2.75, 3.05) is 5.75 Å². The Morgan fingerprint density at radius 1 is 1.25 bits per heavy atom. The molecule has 0 spiro atoms. The van der Waals surface area contributed by atoms with Gasteiger partial charge in [-0.25, -0.2) is 4.68 Å². The Morgan fingerprint density at radius 3 is 2.67 bits per heavy atom. The summed E-state index contributed by atoms with van der Waals surface area (Å²) in [6.07, 6.45) is 0.623. The predicted molar refractivity (Wildman–Crippen MR) is 92.1 cm³/mol. The zero-order chi connectivity index (χ0) is 17.1. The first-order valence-corrected chi connectivity index (χ1v) is 8.63. The molecule has 24 heavy (non-hydrogen) atoms. The van der Waals surface area contributed by atoms with Gasteiger partial charge in [0.05, 0.1) is 12.6 Å². The van der Waals surface area contributed by atoms with Crippen LogP contribution in [-0.2, 0) is 11.3 Å². The minimum Gasteiger partial charge on any atom is -0.340 e. The van der Waals surface area contributed by atoms with E-state index in [0.29, 0.717) is 18.7 Å². The van der Waals surface area contributed by atoms with Gasteiger partial charge < -0.3 is 5.32 Å². The van der Waals surface area contributed by atoms with Crippen molar-refractivity contribution in [3.05, 3.63) is 63.6 Å². The maximum atomic E-state index is 12.3. The number of thioether (sulfide) groups is 1. The summed E-state index contributed by atoms with van der Waals surface area (Å²) in [4.78, 5) is 35.8. The van der Waals surface area contributed by atoms with E-state index in [1.807, 2.05) is 31.2 Å². The zero-order valence-electron chi connectivity index (χ0n) is 13.2. The van der Waals surface area contributed by atoms with Gasteiger partial charge in [-0.1, -0.05) is 41.6 Å². The van der Waals surface area contributed by atoms with Gasteiger partial charge >= 0.3 is 0 Å². The van der Waals surface area contributed by atoms with Gasteiger partial charge in [0.1, 0.15) is 5.69 Å². The quantitative estimate of drug-likeness (QED) is 0.907. The summed E-state index contributed by atoms with van der Waals surface area (Å²) in [6.45, 7) is 2.28. The molecule has 3 rings (SSSR count). The lowest BCUT2D eigenvalue weighted by Crippen LogP contribution is -2.38. The Bertz CT molecular complexity index is 830. The van der Waals surface area contributed by atoms with Gasteiger partial charge in [0, 0.05) is 11.8 Å². The second-order valence-electron chi connectivity index (χ2n) is 5.68. The number of carbonyl (C=O) groups is 2. The molecule has 7 heteroatoms. The average Bonchev–Trinajstić information content (AvgIpc) is 2.96. The van der Waals surface area contributed by atoms with Crippen LogP contribution in [-0.4, -0.2) is 32.6 Å². The first-order valence-electron chi connectivity index (χ1n) is 7.64. The lowest BCUT2D eigenvalue weighted by Gasteiger charge is -2.11. The van der Waals surface area contributed by atoms with E-state index in [0.717, 1.165) is 11.1 Å². The van der Waals surface area contributed by atoms with Crippen LogP contribution in [0.2, 0.25) is 0 Å². The van der Waals surface area contributed by atoms with Crippen LogP contribution < -0.4 is 10.9 Å². The first kappa shape index (κ1) is 16.4. The number of aryl methyl sites for hydroxylation is 1. The average molecular weight is 343 g/mol. The van der Waals surface area contributed by atoms with E-state index < -0.39 is 11.9 Å². The van der Waals surface area contributed by atoms with Gasteiger partial charge in [0.2, 0.25) is 5.12 Å². The van der Waals surface area contributed by atoms with E-state index in [2.05, 4.69) is 10.4 Å². The van der Waals surface area contributed by atoms with Crippen molar-refractivity contribution in [3.63, 3.8) is 0 Å². The Morgan fingerprint density at radius 2 is 2.00 bits per heavy atom. The molecule has 1 unspecified atom stereocenters. The van der Waals surface area contributed by atoms with Crippen LogP contribution in [0.15, 0.2) is 41.2 Å². The fourth-order valence-corrected chi connectivity index (χ4v) is 3.34. The van der Waals surface area contributed by atoms with E-state index >= 15 is 0 Å². The number of rotatable bonds is 4. The Kier molecular flexibility index (Phi) is 4.80. The predicted octanol–water partition coefficient (Wildman–Crippen LogP) is 1.36. The third-order valence-electron chi connectivity index (χ3n) is 3.79. The molecule has 1 amide bonds. The van der Waals surface area contributed by atoms with Gasteiger partial charge in [0.25, 0.3) is 11.5 Å². The molecule has 2 aromatic rings. The minimum absolute atomic E-state index is 0.0312. The number of hydrogen-bond donors (Lipinski definition) is 1. The van der Waals surface area contributed by atoms with Crippen molar-refractivity contribution < 1.29 is 9.59 Å². The third kappa shape index (κ3) is 3.73. The van der Waals surface area contributed by atoms with Crippen molar-refractivity contribution in [2.24, 2.45) is 0 Å². The molecule has 1 aliphatic rings. The van der Waals surface area contributed by atoms with Crippen molar-refractivity contribution in [1.82, 2.24) is 15.1 Å². The monoisotopic (exact) mass is 343 g/mol. The fourth-order valence-electron chi connectivity index (χ4n) is 2.41. The highest BCUT2D eigenvalue weighted by atomic mass is 32.2. The molecule has 1 aromatic heterocycles. The maximum absolute atomic E-state index is 12.3. The molecular weight excluding hydrogens is 326 g/mol. The number of nitrogens with one attached hydrogen (secondary N) is 1. The van der Waals surface area contributed by atoms with E-state index in [9.17, 15) is 14.4 Å². The molecule has 0 saturated carbocycles. The van der Waals surface area contributed by atoms with Gasteiger partial charge in [-0.15, -0.1) is 0 Å². The van der Waals surface area contributed by atoms with E-state index in [1.165, 1.54) is 28.6 Å². The molecule has 6 nitrogen and oxygen atoms in total. The fraction of sp³-hybridized carbons (Fsp3) is 0.294. The number of aromatic nitrogens is 2. The molecule has 1 atom stereocenters. The number of benzene rings is 1. The molecule has 0 aliphatic carbocycles. The molecule has 1 fully saturated rings. The molecule has 124 valence electrons. The summed E-state index contributed by atoms with van der Waals surface area (Å²) in [5, 5.41) is 6.78. The van der Waals surface area contributed by atoms with Gasteiger partial charge in [0.15, 0.2) is 0 Å². The van der Waals surface area contributed by atoms with E-state index in [1.54, 1.807) is 0 Å². The van der Waals surface area contributed by atoms with Crippen LogP contribution in [0, 0.1) is 6.92 Å². The molecule has 1 N–H and O–H groups in total. The minimum atomic E-state index is -0.471. The molecule has 0 bridgehead atoms. The second kappa shape index (κ2) is 7.00. The number of nitrogens with zero attached hydrogens (tertiary/aromatic N) is 2. The summed E-state index contributed by atoms with van der Waals surface area (Å²) in [5.41, 5.74) is 1.91. The third-order valence-corrected chi connectivity index (χ3v) is 4.80. The van der Waals surface area contributed by atoms with Crippen molar-refractivity contribution in [2.45, 2.75) is 25.9 Å².